The van der Waals surface area contributed by atoms with Crippen LogP contribution in [0.1, 0.15) is 1.43 Å². The fourth-order valence-electron chi connectivity index (χ4n) is 0.672. The Bertz CT molecular complexity index is 374. The molecule has 16 heavy (non-hydrogen) atoms. The first-order chi connectivity index (χ1) is 6.93. The van der Waals surface area contributed by atoms with Crippen LogP contribution in [-0.2, 0) is 10.4 Å². The second kappa shape index (κ2) is 9.83. The quantitative estimate of drug-likeness (QED) is 0.399. The molecule has 0 radical (unpaired) electrons. The molecule has 1 rings (SSSR count). The summed E-state index contributed by atoms with van der Waals surface area (Å²) in [5.41, 5.74) is 0. The molecule has 2 N–H and O–H groups in total. The molecule has 0 spiro atoms. The van der Waals surface area contributed by atoms with Crippen molar-refractivity contribution in [2.75, 3.05) is 6.61 Å². The van der Waals surface area contributed by atoms with Gasteiger partial charge in [0.05, 0.1) is 0 Å². The zero-order valence-electron chi connectivity index (χ0n) is 9.91. The molecule has 0 bridgehead atoms. The van der Waals surface area contributed by atoms with E-state index in [2.05, 4.69) is 6.58 Å². The van der Waals surface area contributed by atoms with Gasteiger partial charge in [-0.1, -0.05) is 30.9 Å². The average Bonchev–Trinajstić information content (AvgIpc) is 2.14. The Labute approximate surface area is 118 Å². The van der Waals surface area contributed by atoms with Crippen molar-refractivity contribution in [1.82, 2.24) is 0 Å². The molecule has 1 aromatic carbocycles. The van der Waals surface area contributed by atoms with Crippen LogP contribution in [0.3, 0.4) is 0 Å². The molecule has 0 heterocycles. The molecule has 0 atom stereocenters. The maximum Gasteiger partial charge on any atom is 1.00 e. The average molecular weight is 256 g/mol. The van der Waals surface area contributed by atoms with Crippen LogP contribution in [0.15, 0.2) is 43.0 Å². The van der Waals surface area contributed by atoms with E-state index in [0.29, 0.717) is 6.61 Å². The van der Waals surface area contributed by atoms with Gasteiger partial charge in [-0.15, -0.1) is 0 Å². The Morgan fingerprint density at radius 2 is 1.75 bits per heavy atom. The van der Waals surface area contributed by atoms with Gasteiger partial charge >= 0.3 is 40.0 Å². The third-order valence-electron chi connectivity index (χ3n) is 1.11. The summed E-state index contributed by atoms with van der Waals surface area (Å²) in [6.45, 7) is 4.12. The third kappa shape index (κ3) is 16.1. The van der Waals surface area contributed by atoms with E-state index in [0.717, 1.165) is 5.75 Å². The van der Waals surface area contributed by atoms with Gasteiger partial charge in [-0.2, -0.15) is 8.42 Å². The molecule has 0 amide bonds. The summed E-state index contributed by atoms with van der Waals surface area (Å²) < 4.78 is 36.8. The van der Waals surface area contributed by atoms with Crippen molar-refractivity contribution >= 4 is 10.4 Å². The molecule has 0 saturated heterocycles. The Morgan fingerprint density at radius 3 is 2.12 bits per heavy atom. The summed E-state index contributed by atoms with van der Waals surface area (Å²) in [4.78, 5) is 0. The van der Waals surface area contributed by atoms with E-state index in [1.807, 2.05) is 30.3 Å². The zero-order chi connectivity index (χ0) is 11.7. The fraction of sp³-hybridized carbons (Fsp3) is 0.111. The van der Waals surface area contributed by atoms with Gasteiger partial charge in [0, 0.05) is 0 Å². The van der Waals surface area contributed by atoms with E-state index in [1.54, 1.807) is 6.08 Å². The van der Waals surface area contributed by atoms with E-state index >= 15 is 0 Å². The van der Waals surface area contributed by atoms with Crippen molar-refractivity contribution in [1.29, 1.82) is 0 Å². The molecule has 0 unspecified atom stereocenters. The second-order valence-electron chi connectivity index (χ2n) is 2.36. The number of hydrogen-bond acceptors (Lipinski definition) is 3. The second-order valence-corrected chi connectivity index (χ2v) is 3.26. The van der Waals surface area contributed by atoms with E-state index in [-0.39, 0.29) is 31.0 Å². The van der Waals surface area contributed by atoms with Crippen LogP contribution in [0.25, 0.3) is 0 Å². The first kappa shape index (κ1) is 18.0. The minimum Gasteiger partial charge on any atom is -1.00 e. The largest absolute Gasteiger partial charge is 1.00 e. The topological polar surface area (TPSA) is 83.8 Å². The maximum absolute atomic E-state index is 8.74. The van der Waals surface area contributed by atoms with Crippen molar-refractivity contribution in [3.05, 3.63) is 43.0 Å². The Kier molecular flexibility index (Phi) is 11.1. The summed E-state index contributed by atoms with van der Waals surface area (Å²) >= 11 is 0. The minimum absolute atomic E-state index is 0. The molecule has 0 aliphatic carbocycles. The Hall–Kier alpha value is -0.370. The summed E-state index contributed by atoms with van der Waals surface area (Å²) in [7, 11) is -4.67. The fourth-order valence-corrected chi connectivity index (χ4v) is 0.672. The van der Waals surface area contributed by atoms with Crippen molar-refractivity contribution in [3.63, 3.8) is 0 Å². The van der Waals surface area contributed by atoms with Gasteiger partial charge < -0.3 is 6.16 Å². The first-order valence-electron chi connectivity index (χ1n) is 3.92. The maximum atomic E-state index is 8.74. The predicted octanol–water partition coefficient (Wildman–Crippen LogP) is -1.28. The van der Waals surface area contributed by atoms with Crippen LogP contribution in [0.5, 0.6) is 5.75 Å². The Morgan fingerprint density at radius 1 is 1.31 bits per heavy atom. The van der Waals surface area contributed by atoms with Gasteiger partial charge in [-0.3, -0.25) is 9.11 Å². The first-order valence-corrected chi connectivity index (χ1v) is 5.32. The van der Waals surface area contributed by atoms with Crippen molar-refractivity contribution < 1.29 is 53.2 Å². The molecule has 0 aliphatic rings. The van der Waals surface area contributed by atoms with Crippen LogP contribution >= 0.6 is 0 Å². The smallest absolute Gasteiger partial charge is 1.00 e. The molecule has 0 aromatic heterocycles. The van der Waals surface area contributed by atoms with Crippen molar-refractivity contribution in [3.8, 4) is 5.75 Å². The predicted molar refractivity (Wildman–Crippen MR) is 57.4 cm³/mol. The monoisotopic (exact) mass is 256 g/mol. The molecular weight excluding hydrogens is 243 g/mol. The molecular formula is C9H13NaO5S. The van der Waals surface area contributed by atoms with Crippen LogP contribution in [-0.4, -0.2) is 24.1 Å². The van der Waals surface area contributed by atoms with Gasteiger partial charge in [0.1, 0.15) is 12.4 Å². The summed E-state index contributed by atoms with van der Waals surface area (Å²) in [5, 5.41) is 0. The number of ether oxygens (including phenoxy) is 1. The van der Waals surface area contributed by atoms with Gasteiger partial charge in [-0.05, 0) is 12.1 Å². The molecule has 86 valence electrons. The standard InChI is InChI=1S/C9H10O.Na.H2O4S.H/c1-2-8-10-9-6-4-3-5-7-9;;1-5(2,3)4;/h2-7H,1,8H2;;(H2,1,2,3,4);/q;+1;;-1. The minimum atomic E-state index is -4.67. The van der Waals surface area contributed by atoms with Gasteiger partial charge in [-0.25, -0.2) is 0 Å². The van der Waals surface area contributed by atoms with Crippen LogP contribution in [0, 0.1) is 0 Å². The summed E-state index contributed by atoms with van der Waals surface area (Å²) in [5.74, 6) is 0.891. The normalized spacial score (nSPS) is 9.12. The van der Waals surface area contributed by atoms with E-state index in [9.17, 15) is 0 Å². The van der Waals surface area contributed by atoms with Crippen LogP contribution in [0.2, 0.25) is 0 Å². The SMILES string of the molecule is C=CCOc1ccccc1.O=S(=O)(O)O.[H-].[Na+]. The van der Waals surface area contributed by atoms with E-state index in [4.69, 9.17) is 22.3 Å². The zero-order valence-corrected chi connectivity index (χ0v) is 11.7. The summed E-state index contributed by atoms with van der Waals surface area (Å²) in [6.07, 6.45) is 1.73. The number of benzene rings is 1. The van der Waals surface area contributed by atoms with E-state index < -0.39 is 10.4 Å². The van der Waals surface area contributed by atoms with Crippen molar-refractivity contribution in [2.45, 2.75) is 0 Å². The van der Waals surface area contributed by atoms with E-state index in [1.165, 1.54) is 0 Å². The number of hydrogen-bond donors (Lipinski definition) is 2. The molecule has 0 aliphatic heterocycles. The molecule has 7 heteroatoms. The third-order valence-corrected chi connectivity index (χ3v) is 1.11. The molecule has 1 aromatic rings. The number of para-hydroxylation sites is 1. The van der Waals surface area contributed by atoms with Crippen molar-refractivity contribution in [2.24, 2.45) is 0 Å². The molecule has 5 nitrogen and oxygen atoms in total. The Balaban J connectivity index is -0.000000247. The molecule has 0 saturated carbocycles. The van der Waals surface area contributed by atoms with Gasteiger partial charge in [0.2, 0.25) is 0 Å². The summed E-state index contributed by atoms with van der Waals surface area (Å²) in [6, 6.07) is 9.69. The van der Waals surface area contributed by atoms with Crippen LogP contribution in [0.4, 0.5) is 0 Å². The molecule has 0 fully saturated rings. The van der Waals surface area contributed by atoms with Crippen LogP contribution < -0.4 is 34.3 Å². The van der Waals surface area contributed by atoms with Gasteiger partial charge in [0.25, 0.3) is 0 Å². The number of rotatable bonds is 3. The van der Waals surface area contributed by atoms with Gasteiger partial charge in [0.15, 0.2) is 0 Å².